The highest BCUT2D eigenvalue weighted by Crippen LogP contribution is 2.28. The number of hydrogen-bond donors (Lipinski definition) is 8. The number of carbonyl (C=O) groups excluding carboxylic acids is 6. The summed E-state index contributed by atoms with van der Waals surface area (Å²) in [5.74, 6) is -7.18. The van der Waals surface area contributed by atoms with Gasteiger partial charge in [0.05, 0.1) is 6.42 Å². The van der Waals surface area contributed by atoms with Crippen LogP contribution >= 0.6 is 11.8 Å². The quantitative estimate of drug-likeness (QED) is 0.0529. The highest BCUT2D eigenvalue weighted by Gasteiger charge is 2.33. The van der Waals surface area contributed by atoms with E-state index in [1.54, 1.807) is 54.6 Å². The molecule has 1 aliphatic heterocycles. The number of thioether (sulfide) groups is 1. The zero-order chi connectivity index (χ0) is 46.7. The zero-order valence-electron chi connectivity index (χ0n) is 35.6. The van der Waals surface area contributed by atoms with Crippen molar-refractivity contribution in [2.24, 2.45) is 0 Å². The van der Waals surface area contributed by atoms with Gasteiger partial charge in [0.1, 0.15) is 30.2 Å². The summed E-state index contributed by atoms with van der Waals surface area (Å²) in [6, 6.07) is 27.7. The number of benzene rings is 4. The number of aliphatic carboxylic acids is 2. The van der Waals surface area contributed by atoms with Crippen molar-refractivity contribution in [1.82, 2.24) is 26.6 Å². The topological polar surface area (TPSA) is 249 Å². The first-order chi connectivity index (χ1) is 31.2. The maximum atomic E-state index is 14.5. The van der Waals surface area contributed by atoms with Crippen molar-refractivity contribution in [2.45, 2.75) is 87.3 Å². The van der Waals surface area contributed by atoms with E-state index in [1.807, 2.05) is 72.1 Å². The molecule has 0 saturated carbocycles. The molecule has 340 valence electrons. The molecule has 17 heteroatoms. The van der Waals surface area contributed by atoms with Crippen LogP contribution in [0.2, 0.25) is 0 Å². The Balaban J connectivity index is 1.37. The highest BCUT2D eigenvalue weighted by molar-refractivity contribution is 8.03. The van der Waals surface area contributed by atoms with E-state index in [4.69, 9.17) is 5.11 Å². The van der Waals surface area contributed by atoms with Crippen LogP contribution in [0.5, 0.6) is 0 Å². The Kier molecular flexibility index (Phi) is 18.4. The first-order valence-corrected chi connectivity index (χ1v) is 22.0. The van der Waals surface area contributed by atoms with Crippen LogP contribution in [0.1, 0.15) is 50.2 Å². The van der Waals surface area contributed by atoms with Crippen molar-refractivity contribution in [3.05, 3.63) is 138 Å². The number of para-hydroxylation sites is 1. The third kappa shape index (κ3) is 16.1. The number of nitrogens with one attached hydrogen (secondary N) is 6. The van der Waals surface area contributed by atoms with Crippen LogP contribution in [0.4, 0.5) is 5.69 Å². The first kappa shape index (κ1) is 48.8. The fourth-order valence-electron chi connectivity index (χ4n) is 6.88. The number of anilines is 1. The number of hydrogen-bond acceptors (Lipinski definition) is 9. The molecule has 6 atom stereocenters. The number of carbonyl (C=O) groups is 8. The van der Waals surface area contributed by atoms with Crippen molar-refractivity contribution >= 4 is 64.8 Å². The van der Waals surface area contributed by atoms with Crippen molar-refractivity contribution in [2.75, 3.05) is 5.32 Å². The second-order valence-electron chi connectivity index (χ2n) is 15.4. The minimum Gasteiger partial charge on any atom is -0.481 e. The summed E-state index contributed by atoms with van der Waals surface area (Å²) in [5.41, 5.74) is 3.75. The van der Waals surface area contributed by atoms with E-state index < -0.39 is 78.1 Å². The smallest absolute Gasteiger partial charge is 0.326 e. The van der Waals surface area contributed by atoms with Gasteiger partial charge < -0.3 is 42.1 Å². The molecule has 65 heavy (non-hydrogen) atoms. The van der Waals surface area contributed by atoms with Gasteiger partial charge in [0.25, 0.3) is 0 Å². The summed E-state index contributed by atoms with van der Waals surface area (Å²) < 4.78 is 0. The zero-order valence-corrected chi connectivity index (χ0v) is 36.4. The molecule has 0 spiro atoms. The van der Waals surface area contributed by atoms with Crippen molar-refractivity contribution < 1.29 is 48.6 Å². The molecule has 0 bridgehead atoms. The summed E-state index contributed by atoms with van der Waals surface area (Å²) in [5, 5.41) is 36.1. The molecule has 5 rings (SSSR count). The number of amides is 6. The van der Waals surface area contributed by atoms with Gasteiger partial charge in [-0.3, -0.25) is 33.6 Å². The normalized spacial score (nSPS) is 15.2. The lowest BCUT2D eigenvalue weighted by Crippen LogP contribution is -2.59. The molecule has 8 N–H and O–H groups in total. The lowest BCUT2D eigenvalue weighted by Gasteiger charge is -2.27. The SMILES string of the molecule is C[C@H](NC(=O)[C@@H](Cc1ccccc1)NC(=O)[C@H](Cc1ccc(-c2ccccc2)cc1)NC(=O)[C@@H](CC1CC=CS1)NC(=O)CCC(=O)Nc1ccccc1)C(=O)N[C@@H](CC(=O)O)C(=O)O. The Labute approximate surface area is 380 Å². The lowest BCUT2D eigenvalue weighted by atomic mass is 9.99. The molecular weight excluding hydrogens is 853 g/mol. The Morgan fingerprint density at radius 3 is 1.65 bits per heavy atom. The molecule has 1 aliphatic rings. The van der Waals surface area contributed by atoms with Gasteiger partial charge in [0.2, 0.25) is 35.4 Å². The molecule has 0 radical (unpaired) electrons. The first-order valence-electron chi connectivity index (χ1n) is 21.0. The number of rotatable bonds is 23. The summed E-state index contributed by atoms with van der Waals surface area (Å²) >= 11 is 1.50. The van der Waals surface area contributed by atoms with E-state index in [1.165, 1.54) is 18.7 Å². The predicted molar refractivity (Wildman–Crippen MR) is 245 cm³/mol. The maximum absolute atomic E-state index is 14.5. The molecule has 0 aliphatic carbocycles. The average Bonchev–Trinajstić information content (AvgIpc) is 3.81. The Morgan fingerprint density at radius 1 is 0.569 bits per heavy atom. The molecule has 4 aromatic carbocycles. The number of carboxylic acid groups (broad SMARTS) is 2. The van der Waals surface area contributed by atoms with Gasteiger partial charge in [-0.2, -0.15) is 0 Å². The van der Waals surface area contributed by atoms with Crippen LogP contribution in [0, 0.1) is 0 Å². The molecule has 6 amide bonds. The van der Waals surface area contributed by atoms with Crippen LogP contribution in [0.3, 0.4) is 0 Å². The van der Waals surface area contributed by atoms with Crippen LogP contribution < -0.4 is 31.9 Å². The van der Waals surface area contributed by atoms with E-state index in [-0.39, 0.29) is 43.3 Å². The maximum Gasteiger partial charge on any atom is 0.326 e. The van der Waals surface area contributed by atoms with Gasteiger partial charge in [0.15, 0.2) is 0 Å². The minimum absolute atomic E-state index is 0.0364. The van der Waals surface area contributed by atoms with Crippen LogP contribution in [0.25, 0.3) is 11.1 Å². The summed E-state index contributed by atoms with van der Waals surface area (Å²) in [7, 11) is 0. The highest BCUT2D eigenvalue weighted by atomic mass is 32.2. The molecular formula is C48H52N6O10S. The Morgan fingerprint density at radius 2 is 1.08 bits per heavy atom. The van der Waals surface area contributed by atoms with Crippen LogP contribution in [-0.4, -0.2) is 93.1 Å². The van der Waals surface area contributed by atoms with Crippen molar-refractivity contribution in [3.63, 3.8) is 0 Å². The standard InChI is InChI=1S/C48H52N6O10S/c1-30(44(59)54-40(48(63)64)29-43(57)58)49-45(60)37(26-31-12-5-2-6-13-31)52-46(61)38(27-32-19-21-34(22-20-32)33-14-7-3-8-15-33)53-47(62)39(28-36-18-11-25-65-36)51-42(56)24-23-41(55)50-35-16-9-4-10-17-35/h2-17,19-22,25,30,36-40H,18,23-24,26-29H2,1H3,(H,49,60)(H,50,55)(H,51,56)(H,52,61)(H,53,62)(H,54,59)(H,57,58)(H,63,64)/t30-,36?,37+,38-,39+,40-/m0/s1. The van der Waals surface area contributed by atoms with E-state index in [9.17, 15) is 43.5 Å². The molecule has 4 aromatic rings. The van der Waals surface area contributed by atoms with Gasteiger partial charge in [-0.1, -0.05) is 109 Å². The summed E-state index contributed by atoms with van der Waals surface area (Å²) in [4.78, 5) is 104. The molecule has 1 unspecified atom stereocenters. The van der Waals surface area contributed by atoms with Gasteiger partial charge >= 0.3 is 11.9 Å². The molecule has 0 fully saturated rings. The third-order valence-electron chi connectivity index (χ3n) is 10.3. The molecule has 16 nitrogen and oxygen atoms in total. The van der Waals surface area contributed by atoms with Gasteiger partial charge in [-0.05, 0) is 59.6 Å². The van der Waals surface area contributed by atoms with E-state index in [2.05, 4.69) is 31.9 Å². The van der Waals surface area contributed by atoms with Crippen molar-refractivity contribution in [1.29, 1.82) is 0 Å². The van der Waals surface area contributed by atoms with Crippen molar-refractivity contribution in [3.8, 4) is 11.1 Å². The second-order valence-corrected chi connectivity index (χ2v) is 16.7. The molecule has 1 heterocycles. The lowest BCUT2D eigenvalue weighted by molar-refractivity contribution is -0.147. The van der Waals surface area contributed by atoms with Gasteiger partial charge in [0, 0.05) is 36.6 Å². The fourth-order valence-corrected chi connectivity index (χ4v) is 7.85. The third-order valence-corrected chi connectivity index (χ3v) is 11.5. The Bertz CT molecular complexity index is 2310. The number of carboxylic acids is 2. The van der Waals surface area contributed by atoms with Crippen LogP contribution in [0.15, 0.2) is 127 Å². The summed E-state index contributed by atoms with van der Waals surface area (Å²) in [6.07, 6.45) is 1.46. The number of allylic oxidation sites excluding steroid dienone is 1. The minimum atomic E-state index is -1.76. The van der Waals surface area contributed by atoms with E-state index in [0.29, 0.717) is 23.2 Å². The largest absolute Gasteiger partial charge is 0.481 e. The molecule has 0 saturated heterocycles. The second kappa shape index (κ2) is 24.5. The average molecular weight is 905 g/mol. The van der Waals surface area contributed by atoms with E-state index >= 15 is 0 Å². The fraction of sp³-hybridized carbons (Fsp3) is 0.292. The van der Waals surface area contributed by atoms with E-state index in [0.717, 1.165) is 11.1 Å². The summed E-state index contributed by atoms with van der Waals surface area (Å²) in [6.45, 7) is 1.28. The van der Waals surface area contributed by atoms with Gasteiger partial charge in [-0.25, -0.2) is 4.79 Å². The van der Waals surface area contributed by atoms with Crippen LogP contribution in [-0.2, 0) is 51.2 Å². The predicted octanol–water partition coefficient (Wildman–Crippen LogP) is 3.97. The Hall–Kier alpha value is -7.27. The molecule has 0 aromatic heterocycles. The van der Waals surface area contributed by atoms with Gasteiger partial charge in [-0.15, -0.1) is 11.8 Å². The monoisotopic (exact) mass is 904 g/mol.